The van der Waals surface area contributed by atoms with Crippen molar-refractivity contribution in [3.8, 4) is 17.2 Å². The summed E-state index contributed by atoms with van der Waals surface area (Å²) >= 11 is 0. The highest BCUT2D eigenvalue weighted by molar-refractivity contribution is 8.77. The minimum Gasteiger partial charge on any atom is -0.493 e. The number of fused-ring (bicyclic) bond motifs is 8. The second kappa shape index (κ2) is 22.0. The first-order valence-electron chi connectivity index (χ1n) is 25.0. The highest BCUT2D eigenvalue weighted by atomic mass is 33.1. The normalized spacial score (nSPS) is 17.3. The molecule has 1 unspecified atom stereocenters. The number of carbonyl (C=O) groups excluding carboxylic acids is 4. The zero-order chi connectivity index (χ0) is 51.6. The number of nitrogens with zero attached hydrogens (tertiary/aromatic N) is 2. The van der Waals surface area contributed by atoms with Crippen LogP contribution in [0, 0.1) is 6.92 Å². The summed E-state index contributed by atoms with van der Waals surface area (Å²) in [6, 6.07) is 29.9. The molecule has 3 amide bonds. The molecule has 0 radical (unpaired) electrons. The number of methoxy groups -OCH3 is 1. The Bertz CT molecular complexity index is 3070. The fraction of sp³-hybridized carbons (Fsp3) is 0.404. The van der Waals surface area contributed by atoms with Crippen molar-refractivity contribution in [1.29, 1.82) is 0 Å². The van der Waals surface area contributed by atoms with E-state index in [1.165, 1.54) is 21.9 Å². The van der Waals surface area contributed by atoms with E-state index in [-0.39, 0.29) is 72.8 Å². The monoisotopic (exact) mass is 1050 g/mol. The molecule has 5 aromatic carbocycles. The van der Waals surface area contributed by atoms with Gasteiger partial charge in [0.05, 0.1) is 14.2 Å². The summed E-state index contributed by atoms with van der Waals surface area (Å²) in [6.07, 6.45) is 5.76. The first-order valence-corrected chi connectivity index (χ1v) is 28.8. The van der Waals surface area contributed by atoms with Crippen molar-refractivity contribution in [3.05, 3.63) is 141 Å². The van der Waals surface area contributed by atoms with Gasteiger partial charge in [0.25, 0.3) is 21.9 Å². The molecule has 4 aliphatic heterocycles. The van der Waals surface area contributed by atoms with Crippen LogP contribution in [0.5, 0.6) is 17.2 Å². The van der Waals surface area contributed by atoms with Crippen molar-refractivity contribution in [2.24, 2.45) is 0 Å². The summed E-state index contributed by atoms with van der Waals surface area (Å²) in [5.74, 6) is 1.47. The highest BCUT2D eigenvalue weighted by Gasteiger charge is 2.39. The van der Waals surface area contributed by atoms with E-state index >= 15 is 0 Å². The van der Waals surface area contributed by atoms with Gasteiger partial charge in [0.15, 0.2) is 17.3 Å². The quantitative estimate of drug-likeness (QED) is 0.0448. The first kappa shape index (κ1) is 52.1. The number of ether oxygens (including phenoxy) is 3. The maximum atomic E-state index is 14.2. The van der Waals surface area contributed by atoms with E-state index in [1.54, 1.807) is 30.9 Å². The SMILES string of the molecule is CCC(=O)C(CCSSC(C)(C)CCC(=O)Nc1cc(COc2cc3c(cc2C)C(=O)N2c4ccccc4C[C@H]2CC3)cc(COc2cc3c(cc2OC)C(=O)N2c4ccccc4C[C@H]2CC3)c1)S(=O)(=O)OC. The van der Waals surface area contributed by atoms with Gasteiger partial charge in [0.1, 0.15) is 24.2 Å². The second-order valence-electron chi connectivity index (χ2n) is 19.9. The third kappa shape index (κ3) is 11.3. The number of anilines is 3. The average Bonchev–Trinajstić information content (AvgIpc) is 3.87. The van der Waals surface area contributed by atoms with E-state index in [2.05, 4.69) is 21.6 Å². The van der Waals surface area contributed by atoms with Crippen LogP contribution in [-0.4, -0.2) is 74.0 Å². The second-order valence-corrected chi connectivity index (χ2v) is 24.9. The van der Waals surface area contributed by atoms with E-state index in [0.29, 0.717) is 52.7 Å². The van der Waals surface area contributed by atoms with Gasteiger partial charge in [-0.15, -0.1) is 0 Å². The zero-order valence-electron chi connectivity index (χ0n) is 42.3. The molecule has 5 aromatic rings. The minimum atomic E-state index is -3.99. The molecule has 9 rings (SSSR count). The number of ketones is 1. The lowest BCUT2D eigenvalue weighted by Gasteiger charge is -2.23. The van der Waals surface area contributed by atoms with Gasteiger partial charge in [-0.25, -0.2) is 0 Å². The van der Waals surface area contributed by atoms with Crippen molar-refractivity contribution in [2.45, 2.75) is 127 Å². The summed E-state index contributed by atoms with van der Waals surface area (Å²) in [6.45, 7) is 7.96. The lowest BCUT2D eigenvalue weighted by molar-refractivity contribution is -0.118. The van der Waals surface area contributed by atoms with Crippen LogP contribution in [0.25, 0.3) is 0 Å². The molecule has 16 heteroatoms. The van der Waals surface area contributed by atoms with Crippen LogP contribution in [0.3, 0.4) is 0 Å². The number of hydrogen-bond acceptors (Lipinski definition) is 12. The molecule has 3 atom stereocenters. The molecule has 1 N–H and O–H groups in total. The summed E-state index contributed by atoms with van der Waals surface area (Å²) in [4.78, 5) is 58.3. The molecule has 0 aromatic heterocycles. The number of rotatable bonds is 20. The number of hydrogen-bond donors (Lipinski definition) is 1. The summed E-state index contributed by atoms with van der Waals surface area (Å²) in [5, 5.41) is 1.91. The fourth-order valence-electron chi connectivity index (χ4n) is 10.6. The Kier molecular flexibility index (Phi) is 15.7. The van der Waals surface area contributed by atoms with Crippen molar-refractivity contribution in [3.63, 3.8) is 0 Å². The molecular formula is C57H63N3O10S3. The Morgan fingerprint density at radius 3 is 1.89 bits per heavy atom. The number of benzene rings is 5. The number of amides is 3. The summed E-state index contributed by atoms with van der Waals surface area (Å²) < 4.78 is 48.1. The molecule has 4 aliphatic rings. The van der Waals surface area contributed by atoms with Crippen LogP contribution in [-0.2, 0) is 62.8 Å². The van der Waals surface area contributed by atoms with E-state index in [1.807, 2.05) is 103 Å². The van der Waals surface area contributed by atoms with Crippen LogP contribution in [0.1, 0.15) is 119 Å². The van der Waals surface area contributed by atoms with E-state index in [0.717, 1.165) is 78.4 Å². The number of Topliss-reactive ketones (excluding diaryl/α,β-unsaturated/α-hetero) is 1. The van der Waals surface area contributed by atoms with Gasteiger partial charge in [0, 0.05) is 63.6 Å². The smallest absolute Gasteiger partial charge is 0.277 e. The number of nitrogens with one attached hydrogen (secondary N) is 1. The number of carbonyl (C=O) groups is 4. The molecule has 4 heterocycles. The van der Waals surface area contributed by atoms with E-state index < -0.39 is 15.4 Å². The third-order valence-electron chi connectivity index (χ3n) is 14.4. The molecule has 73 heavy (non-hydrogen) atoms. The maximum Gasteiger partial charge on any atom is 0.277 e. The topological polar surface area (TPSA) is 158 Å². The minimum absolute atomic E-state index is 0.0172. The average molecular weight is 1050 g/mol. The Morgan fingerprint density at radius 1 is 0.753 bits per heavy atom. The van der Waals surface area contributed by atoms with Crippen LogP contribution >= 0.6 is 21.6 Å². The van der Waals surface area contributed by atoms with Gasteiger partial charge in [0.2, 0.25) is 5.91 Å². The van der Waals surface area contributed by atoms with Gasteiger partial charge < -0.3 is 29.3 Å². The summed E-state index contributed by atoms with van der Waals surface area (Å²) in [5.41, 5.74) is 10.5. The molecule has 0 fully saturated rings. The molecule has 13 nitrogen and oxygen atoms in total. The van der Waals surface area contributed by atoms with Crippen molar-refractivity contribution in [2.75, 3.05) is 35.1 Å². The lowest BCUT2D eigenvalue weighted by Crippen LogP contribution is -2.36. The van der Waals surface area contributed by atoms with E-state index in [9.17, 15) is 27.6 Å². The number of aryl methyl sites for hydroxylation is 3. The predicted octanol–water partition coefficient (Wildman–Crippen LogP) is 10.8. The summed E-state index contributed by atoms with van der Waals surface area (Å²) in [7, 11) is 1.67. The van der Waals surface area contributed by atoms with Gasteiger partial charge in [-0.3, -0.25) is 23.4 Å². The van der Waals surface area contributed by atoms with Crippen LogP contribution in [0.2, 0.25) is 0 Å². The van der Waals surface area contributed by atoms with Gasteiger partial charge in [-0.05, 0) is 166 Å². The van der Waals surface area contributed by atoms with Gasteiger partial charge in [-0.2, -0.15) is 8.42 Å². The Labute approximate surface area is 436 Å². The number of para-hydroxylation sites is 2. The molecule has 0 saturated carbocycles. The molecular weight excluding hydrogens is 983 g/mol. The fourth-order valence-corrected chi connectivity index (χ4v) is 14.5. The zero-order valence-corrected chi connectivity index (χ0v) is 44.7. The Balaban J connectivity index is 0.911. The van der Waals surface area contributed by atoms with Crippen molar-refractivity contribution >= 4 is 72.3 Å². The molecule has 0 aliphatic carbocycles. The lowest BCUT2D eigenvalue weighted by atomic mass is 9.98. The predicted molar refractivity (Wildman–Crippen MR) is 289 cm³/mol. The third-order valence-corrected chi connectivity index (χ3v) is 19.5. The molecule has 0 bridgehead atoms. The van der Waals surface area contributed by atoms with Crippen LogP contribution in [0.15, 0.2) is 91.0 Å². The standard InChI is InChI=1S/C57H63N3O10S3/c1-7-49(61)53(73(65,66)68-6)21-23-71-72-57(3,4)22-20-54(62)58-42-26-36(33-69-50-30-38-16-18-43-28-40-12-8-10-14-47(40)59(43)55(63)45(38)24-35(50)2)25-37(27-42)34-70-52-31-39-17-19-44-29-41-13-9-11-15-48(41)60(44)56(64)46(39)32-51(52)67-5/h8-15,24-27,30-32,43-44,53H,7,16-23,28-29,33-34H2,1-6H3,(H,58,62)/t43-,44-,53?/m1/s1. The van der Waals surface area contributed by atoms with E-state index in [4.69, 9.17) is 14.2 Å². The van der Waals surface area contributed by atoms with Crippen LogP contribution in [0.4, 0.5) is 17.1 Å². The largest absolute Gasteiger partial charge is 0.493 e. The molecule has 0 spiro atoms. The maximum absolute atomic E-state index is 14.2. The molecule has 384 valence electrons. The van der Waals surface area contributed by atoms with Crippen LogP contribution < -0.4 is 29.3 Å². The Morgan fingerprint density at radius 2 is 1.32 bits per heavy atom. The highest BCUT2D eigenvalue weighted by Crippen LogP contribution is 2.43. The van der Waals surface area contributed by atoms with Gasteiger partial charge >= 0.3 is 0 Å². The van der Waals surface area contributed by atoms with Crippen molar-refractivity contribution in [1.82, 2.24) is 0 Å². The first-order chi connectivity index (χ1) is 35.1. The van der Waals surface area contributed by atoms with Gasteiger partial charge in [-0.1, -0.05) is 64.9 Å². The molecule has 0 saturated heterocycles. The Hall–Kier alpha value is -5.81. The van der Waals surface area contributed by atoms with Crippen molar-refractivity contribution < 1.29 is 46.0 Å².